The number of likely N-dealkylation sites (tertiary alicyclic amines) is 1. The van der Waals surface area contributed by atoms with E-state index in [1.54, 1.807) is 41.3 Å². The molecule has 2 fully saturated rings. The van der Waals surface area contributed by atoms with Gasteiger partial charge in [-0.3, -0.25) is 39.0 Å². The van der Waals surface area contributed by atoms with Crippen LogP contribution in [0.3, 0.4) is 0 Å². The van der Waals surface area contributed by atoms with E-state index in [0.29, 0.717) is 89.5 Å². The number of hydrogen-bond acceptors (Lipinski definition) is 15. The summed E-state index contributed by atoms with van der Waals surface area (Å²) < 4.78 is 62.3. The Bertz CT molecular complexity index is 2490. The Morgan fingerprint density at radius 3 is 2.16 bits per heavy atom. The number of benzene rings is 3. The van der Waals surface area contributed by atoms with Gasteiger partial charge < -0.3 is 50.1 Å². The third-order valence-electron chi connectivity index (χ3n) is 11.3. The third-order valence-corrected chi connectivity index (χ3v) is 11.3. The molecule has 4 heterocycles. The van der Waals surface area contributed by atoms with E-state index in [9.17, 15) is 37.5 Å². The number of imide groups is 2. The summed E-state index contributed by atoms with van der Waals surface area (Å²) in [6.07, 6.45) is 1.43. The van der Waals surface area contributed by atoms with Gasteiger partial charge >= 0.3 is 0 Å². The molecule has 3 aliphatic rings. The van der Waals surface area contributed by atoms with Crippen LogP contribution in [0.1, 0.15) is 62.8 Å². The number of fused-ring (bicyclic) bond motifs is 1. The molecular weight excluding hydrogens is 895 g/mol. The number of aromatic nitrogens is 2. The predicted molar refractivity (Wildman–Crippen MR) is 238 cm³/mol. The second kappa shape index (κ2) is 23.2. The van der Waals surface area contributed by atoms with Crippen molar-refractivity contribution in [2.45, 2.75) is 37.8 Å². The van der Waals surface area contributed by atoms with E-state index in [1.807, 2.05) is 0 Å². The number of carbonyl (C=O) groups is 6. The Morgan fingerprint density at radius 2 is 1.50 bits per heavy atom. The molecule has 3 aromatic carbocycles. The number of piperidine rings is 2. The highest BCUT2D eigenvalue weighted by molar-refractivity contribution is 6.25. The Hall–Kier alpha value is -6.85. The fourth-order valence-electron chi connectivity index (χ4n) is 7.97. The van der Waals surface area contributed by atoms with Crippen molar-refractivity contribution in [1.29, 1.82) is 0 Å². The smallest absolute Gasteiger partial charge is 0.264 e. The molecule has 68 heavy (non-hydrogen) atoms. The molecule has 0 radical (unpaired) electrons. The minimum absolute atomic E-state index is 0.0261. The molecule has 6 amide bonds. The maximum absolute atomic E-state index is 14.1. The van der Waals surface area contributed by atoms with Crippen molar-refractivity contribution >= 4 is 46.9 Å². The first-order chi connectivity index (χ1) is 32.9. The lowest BCUT2D eigenvalue weighted by Gasteiger charge is -2.33. The minimum Gasteiger partial charge on any atom is -0.454 e. The Labute approximate surface area is 389 Å². The standard InChI is InChI=1S/C46H52F2N8O12/c47-29-8-12-36(33(48)25-29)68-31-9-6-28(7-10-31)41-40(43(50)59)42(49)56(53-41)30-3-2-15-54(26-30)38(58)27-67-24-23-66-22-21-65-20-19-64-18-17-63-16-14-51-34-5-1-4-32-39(34)46(62)55(45(32)61)35-11-13-37(57)52-44(35)60/h1,4-10,12,25,30,35,51H,2-3,11,13-24,26-27,49H2,(H2,50,59)(H,52,57,60)/t30-,35?/m0/s1. The van der Waals surface area contributed by atoms with Crippen LogP contribution in [0.5, 0.6) is 11.5 Å². The van der Waals surface area contributed by atoms with Gasteiger partial charge in [-0.1, -0.05) is 6.07 Å². The van der Waals surface area contributed by atoms with Crippen molar-refractivity contribution in [2.24, 2.45) is 5.73 Å². The lowest BCUT2D eigenvalue weighted by molar-refractivity contribution is -0.138. The fourth-order valence-corrected chi connectivity index (χ4v) is 7.97. The maximum Gasteiger partial charge on any atom is 0.264 e. The summed E-state index contributed by atoms with van der Waals surface area (Å²) in [6.45, 7) is 3.70. The monoisotopic (exact) mass is 946 g/mol. The summed E-state index contributed by atoms with van der Waals surface area (Å²) in [5.74, 6) is -4.68. The van der Waals surface area contributed by atoms with Crippen LogP contribution < -0.4 is 26.8 Å². The average Bonchev–Trinajstić information content (AvgIpc) is 3.81. The van der Waals surface area contributed by atoms with Crippen LogP contribution in [0.15, 0.2) is 60.7 Å². The van der Waals surface area contributed by atoms with Gasteiger partial charge in [-0.2, -0.15) is 5.10 Å². The highest BCUT2D eigenvalue weighted by Crippen LogP contribution is 2.35. The number of ether oxygens (including phenoxy) is 6. The zero-order chi connectivity index (χ0) is 48.2. The molecule has 3 aliphatic heterocycles. The van der Waals surface area contributed by atoms with Crippen molar-refractivity contribution in [3.63, 3.8) is 0 Å². The molecule has 0 spiro atoms. The molecule has 6 N–H and O–H groups in total. The molecule has 22 heteroatoms. The van der Waals surface area contributed by atoms with E-state index in [4.69, 9.17) is 39.9 Å². The largest absolute Gasteiger partial charge is 0.454 e. The number of halogens is 2. The van der Waals surface area contributed by atoms with Gasteiger partial charge in [0.05, 0.1) is 76.6 Å². The molecule has 4 aromatic rings. The quantitative estimate of drug-likeness (QED) is 0.0582. The maximum atomic E-state index is 14.1. The molecule has 2 saturated heterocycles. The van der Waals surface area contributed by atoms with Crippen LogP contribution in [0.25, 0.3) is 11.3 Å². The molecule has 0 bridgehead atoms. The van der Waals surface area contributed by atoms with Crippen molar-refractivity contribution in [3.05, 3.63) is 89.0 Å². The average molecular weight is 947 g/mol. The van der Waals surface area contributed by atoms with E-state index in [2.05, 4.69) is 15.7 Å². The van der Waals surface area contributed by atoms with Crippen molar-refractivity contribution in [3.8, 4) is 22.8 Å². The van der Waals surface area contributed by atoms with Crippen LogP contribution in [0.4, 0.5) is 20.3 Å². The summed E-state index contributed by atoms with van der Waals surface area (Å²) in [4.78, 5) is 78.3. The van der Waals surface area contributed by atoms with Crippen molar-refractivity contribution in [2.75, 3.05) is 96.8 Å². The minimum atomic E-state index is -1.04. The van der Waals surface area contributed by atoms with Crippen molar-refractivity contribution in [1.82, 2.24) is 24.9 Å². The first-order valence-corrected chi connectivity index (χ1v) is 22.1. The molecule has 2 atom stereocenters. The topological polar surface area (TPSA) is 258 Å². The number of anilines is 2. The Balaban J connectivity index is 0.720. The number of nitrogens with one attached hydrogen (secondary N) is 2. The predicted octanol–water partition coefficient (Wildman–Crippen LogP) is 3.06. The highest BCUT2D eigenvalue weighted by atomic mass is 19.1. The number of primary amides is 1. The third kappa shape index (κ3) is 12.0. The second-order valence-corrected chi connectivity index (χ2v) is 15.9. The van der Waals surface area contributed by atoms with Gasteiger partial charge in [-0.05, 0) is 67.8 Å². The van der Waals surface area contributed by atoms with E-state index in [-0.39, 0.29) is 90.9 Å². The lowest BCUT2D eigenvalue weighted by Crippen LogP contribution is -2.54. The molecule has 0 aliphatic carbocycles. The molecule has 1 unspecified atom stereocenters. The number of amides is 6. The Kier molecular flexibility index (Phi) is 16.8. The first kappa shape index (κ1) is 49.1. The number of nitrogens with two attached hydrogens (primary N) is 2. The van der Waals surface area contributed by atoms with E-state index in [1.165, 1.54) is 16.8 Å². The molecule has 0 saturated carbocycles. The van der Waals surface area contributed by atoms with E-state index in [0.717, 1.165) is 11.0 Å². The lowest BCUT2D eigenvalue weighted by atomic mass is 10.0. The first-order valence-electron chi connectivity index (χ1n) is 22.1. The zero-order valence-corrected chi connectivity index (χ0v) is 37.0. The number of nitrogens with zero attached hydrogens (tertiary/aromatic N) is 4. The summed E-state index contributed by atoms with van der Waals surface area (Å²) in [5, 5.41) is 9.95. The van der Waals surface area contributed by atoms with Gasteiger partial charge in [0.2, 0.25) is 17.7 Å². The number of nitrogen functional groups attached to an aromatic ring is 1. The highest BCUT2D eigenvalue weighted by Gasteiger charge is 2.45. The molecular formula is C46H52F2N8O12. The van der Waals surface area contributed by atoms with Crippen LogP contribution in [-0.4, -0.2) is 147 Å². The van der Waals surface area contributed by atoms with Gasteiger partial charge in [0.1, 0.15) is 41.3 Å². The normalized spacial score (nSPS) is 17.1. The zero-order valence-electron chi connectivity index (χ0n) is 37.0. The molecule has 20 nitrogen and oxygen atoms in total. The van der Waals surface area contributed by atoms with E-state index >= 15 is 0 Å². The number of hydrogen-bond donors (Lipinski definition) is 4. The van der Waals surface area contributed by atoms with Gasteiger partial charge in [-0.15, -0.1) is 0 Å². The van der Waals surface area contributed by atoms with Crippen LogP contribution in [0.2, 0.25) is 0 Å². The summed E-state index contributed by atoms with van der Waals surface area (Å²) in [7, 11) is 0. The van der Waals surface area contributed by atoms with Crippen LogP contribution in [-0.2, 0) is 38.1 Å². The SMILES string of the molecule is NC(=O)c1c(-c2ccc(Oc3ccc(F)cc3F)cc2)nn([C@H]2CCCN(C(=O)COCCOCCOCCOCCOCCNc3cccc4c3C(=O)N(C3CCC(=O)NC3=O)C4=O)C2)c1N. The number of rotatable bonds is 24. The van der Waals surface area contributed by atoms with Gasteiger partial charge in [0.15, 0.2) is 11.6 Å². The van der Waals surface area contributed by atoms with Crippen molar-refractivity contribution < 1.29 is 66.0 Å². The van der Waals surface area contributed by atoms with Crippen LogP contribution >= 0.6 is 0 Å². The van der Waals surface area contributed by atoms with E-state index < -0.39 is 47.2 Å². The van der Waals surface area contributed by atoms with Crippen LogP contribution in [0, 0.1) is 11.6 Å². The van der Waals surface area contributed by atoms with Gasteiger partial charge in [0, 0.05) is 43.4 Å². The fraction of sp³-hybridized carbons (Fsp3) is 0.413. The summed E-state index contributed by atoms with van der Waals surface area (Å²) >= 11 is 0. The van der Waals surface area contributed by atoms with Gasteiger partial charge in [-0.25, -0.2) is 13.5 Å². The summed E-state index contributed by atoms with van der Waals surface area (Å²) in [6, 6.07) is 12.8. The molecule has 362 valence electrons. The Morgan fingerprint density at radius 1 is 0.824 bits per heavy atom. The van der Waals surface area contributed by atoms with Gasteiger partial charge in [0.25, 0.3) is 17.7 Å². The second-order valence-electron chi connectivity index (χ2n) is 15.9. The number of carbonyl (C=O) groups excluding carboxylic acids is 6. The summed E-state index contributed by atoms with van der Waals surface area (Å²) in [5.41, 5.74) is 13.7. The molecule has 1 aromatic heterocycles. The molecule has 7 rings (SSSR count).